The predicted molar refractivity (Wildman–Crippen MR) is 105 cm³/mol. The van der Waals surface area contributed by atoms with Gasteiger partial charge in [-0.3, -0.25) is 4.90 Å². The molecule has 1 aromatic rings. The van der Waals surface area contributed by atoms with Crippen molar-refractivity contribution in [3.63, 3.8) is 0 Å². The molecule has 25 heavy (non-hydrogen) atoms. The first kappa shape index (κ1) is 19.2. The highest BCUT2D eigenvalue weighted by molar-refractivity contribution is 7.98. The van der Waals surface area contributed by atoms with E-state index >= 15 is 0 Å². The molecule has 2 N–H and O–H groups in total. The van der Waals surface area contributed by atoms with Crippen LogP contribution in [0.5, 0.6) is 0 Å². The second-order valence-corrected chi connectivity index (χ2v) is 8.91. The van der Waals surface area contributed by atoms with Crippen LogP contribution < -0.4 is 0 Å². The summed E-state index contributed by atoms with van der Waals surface area (Å²) < 4.78 is 0. The summed E-state index contributed by atoms with van der Waals surface area (Å²) in [7, 11) is 0. The van der Waals surface area contributed by atoms with E-state index in [1.54, 1.807) is 0 Å². The van der Waals surface area contributed by atoms with E-state index in [4.69, 9.17) is 0 Å². The molecule has 2 aliphatic rings. The van der Waals surface area contributed by atoms with E-state index in [1.165, 1.54) is 51.1 Å². The molecule has 2 fully saturated rings. The molecule has 2 aliphatic heterocycles. The van der Waals surface area contributed by atoms with Crippen LogP contribution in [0.1, 0.15) is 37.2 Å². The van der Waals surface area contributed by atoms with Gasteiger partial charge in [0.15, 0.2) is 0 Å². The molecule has 0 aromatic carbocycles. The number of hydrogen-bond donors (Lipinski definition) is 2. The minimum atomic E-state index is 0.320. The van der Waals surface area contributed by atoms with E-state index in [0.717, 1.165) is 31.2 Å². The quantitative estimate of drug-likeness (QED) is 0.726. The fourth-order valence-electron chi connectivity index (χ4n) is 4.65. The van der Waals surface area contributed by atoms with Crippen molar-refractivity contribution in [1.82, 2.24) is 19.8 Å². The molecule has 5 nitrogen and oxygen atoms in total. The third kappa shape index (κ3) is 4.79. The Morgan fingerprint density at radius 3 is 2.60 bits per heavy atom. The standard InChI is InChI=1S/C19H34N4OS/c1-16-12-20-18(21-16)14-23-10-6-19(17(13-23)15-24)4-8-22(9-5-19)7-3-11-25-2/h12,17,24H,3-11,13-15H2,1-2H3,(H,20,21). The van der Waals surface area contributed by atoms with Crippen LogP contribution in [0.4, 0.5) is 0 Å². The number of hydrogen-bond acceptors (Lipinski definition) is 5. The molecular weight excluding hydrogens is 332 g/mol. The third-order valence-electron chi connectivity index (χ3n) is 6.29. The van der Waals surface area contributed by atoms with E-state index in [-0.39, 0.29) is 0 Å². The van der Waals surface area contributed by atoms with Gasteiger partial charge in [0.25, 0.3) is 0 Å². The maximum Gasteiger partial charge on any atom is 0.120 e. The van der Waals surface area contributed by atoms with E-state index in [0.29, 0.717) is 17.9 Å². The van der Waals surface area contributed by atoms with Crippen molar-refractivity contribution < 1.29 is 5.11 Å². The Kier molecular flexibility index (Phi) is 6.83. The molecule has 6 heteroatoms. The normalized spacial score (nSPS) is 24.8. The first-order chi connectivity index (χ1) is 12.1. The number of nitrogens with zero attached hydrogens (tertiary/aromatic N) is 3. The Morgan fingerprint density at radius 1 is 1.28 bits per heavy atom. The van der Waals surface area contributed by atoms with Crippen LogP contribution in [0.3, 0.4) is 0 Å². The van der Waals surface area contributed by atoms with Gasteiger partial charge in [-0.05, 0) is 76.2 Å². The lowest BCUT2D eigenvalue weighted by Gasteiger charge is -2.51. The van der Waals surface area contributed by atoms with Crippen molar-refractivity contribution in [2.24, 2.45) is 11.3 Å². The fourth-order valence-corrected chi connectivity index (χ4v) is 5.07. The van der Waals surface area contributed by atoms with Gasteiger partial charge in [0.2, 0.25) is 0 Å². The number of thioether (sulfide) groups is 1. The zero-order chi connectivity index (χ0) is 17.7. The number of piperidine rings is 2. The molecule has 1 aromatic heterocycles. The second kappa shape index (κ2) is 8.89. The van der Waals surface area contributed by atoms with Crippen LogP contribution in [-0.4, -0.2) is 76.2 Å². The van der Waals surface area contributed by atoms with Crippen molar-refractivity contribution in [3.8, 4) is 0 Å². The number of aromatic nitrogens is 2. The van der Waals surface area contributed by atoms with Gasteiger partial charge in [-0.1, -0.05) is 0 Å². The monoisotopic (exact) mass is 366 g/mol. The summed E-state index contributed by atoms with van der Waals surface area (Å²) in [6.45, 7) is 9.03. The summed E-state index contributed by atoms with van der Waals surface area (Å²) in [5.41, 5.74) is 1.48. The van der Waals surface area contributed by atoms with E-state index in [1.807, 2.05) is 24.9 Å². The number of rotatable bonds is 7. The number of likely N-dealkylation sites (tertiary alicyclic amines) is 2. The minimum Gasteiger partial charge on any atom is -0.396 e. The van der Waals surface area contributed by atoms with E-state index in [9.17, 15) is 5.11 Å². The molecule has 3 heterocycles. The Balaban J connectivity index is 1.52. The first-order valence-electron chi connectivity index (χ1n) is 9.70. The Morgan fingerprint density at radius 2 is 2.00 bits per heavy atom. The van der Waals surface area contributed by atoms with Gasteiger partial charge in [-0.25, -0.2) is 4.98 Å². The lowest BCUT2D eigenvalue weighted by Crippen LogP contribution is -2.53. The highest BCUT2D eigenvalue weighted by Crippen LogP contribution is 2.45. The average Bonchev–Trinajstić information content (AvgIpc) is 3.03. The molecule has 2 saturated heterocycles. The molecule has 1 atom stereocenters. The van der Waals surface area contributed by atoms with E-state index in [2.05, 4.69) is 26.0 Å². The number of nitrogens with one attached hydrogen (secondary N) is 1. The van der Waals surface area contributed by atoms with Crippen molar-refractivity contribution in [2.75, 3.05) is 51.3 Å². The van der Waals surface area contributed by atoms with Gasteiger partial charge in [0.1, 0.15) is 5.82 Å². The Labute approximate surface area is 156 Å². The van der Waals surface area contributed by atoms with Gasteiger partial charge < -0.3 is 15.0 Å². The Hall–Kier alpha value is -0.560. The van der Waals surface area contributed by atoms with Gasteiger partial charge in [-0.15, -0.1) is 0 Å². The van der Waals surface area contributed by atoms with Crippen LogP contribution >= 0.6 is 11.8 Å². The van der Waals surface area contributed by atoms with Gasteiger partial charge in [0, 0.05) is 31.0 Å². The SMILES string of the molecule is CSCCCN1CCC2(CC1)CCN(Cc1ncc(C)[nH]1)CC2CO. The van der Waals surface area contributed by atoms with Gasteiger partial charge in [-0.2, -0.15) is 11.8 Å². The molecule has 1 unspecified atom stereocenters. The van der Waals surface area contributed by atoms with Crippen LogP contribution in [-0.2, 0) is 6.54 Å². The summed E-state index contributed by atoms with van der Waals surface area (Å²) in [5.74, 6) is 2.72. The Bertz CT molecular complexity index is 527. The fraction of sp³-hybridized carbons (Fsp3) is 0.842. The van der Waals surface area contributed by atoms with Crippen molar-refractivity contribution in [2.45, 2.75) is 39.2 Å². The van der Waals surface area contributed by atoms with Crippen molar-refractivity contribution in [1.29, 1.82) is 0 Å². The lowest BCUT2D eigenvalue weighted by molar-refractivity contribution is -0.0441. The third-order valence-corrected chi connectivity index (χ3v) is 6.99. The van der Waals surface area contributed by atoms with Gasteiger partial charge in [0.05, 0.1) is 6.54 Å². The molecule has 0 saturated carbocycles. The molecule has 142 valence electrons. The molecule has 0 radical (unpaired) electrons. The number of aliphatic hydroxyl groups excluding tert-OH is 1. The molecule has 0 aliphatic carbocycles. The maximum atomic E-state index is 10.1. The number of imidazole rings is 1. The van der Waals surface area contributed by atoms with Crippen LogP contribution in [0.15, 0.2) is 6.20 Å². The van der Waals surface area contributed by atoms with E-state index < -0.39 is 0 Å². The smallest absolute Gasteiger partial charge is 0.120 e. The number of aryl methyl sites for hydroxylation is 1. The summed E-state index contributed by atoms with van der Waals surface area (Å²) in [5, 5.41) is 10.1. The van der Waals surface area contributed by atoms with Crippen LogP contribution in [0, 0.1) is 18.3 Å². The zero-order valence-corrected chi connectivity index (χ0v) is 16.7. The maximum absolute atomic E-state index is 10.1. The summed E-state index contributed by atoms with van der Waals surface area (Å²) in [6, 6.07) is 0. The molecule has 3 rings (SSSR count). The number of H-pyrrole nitrogens is 1. The average molecular weight is 367 g/mol. The molecule has 1 spiro atoms. The lowest BCUT2D eigenvalue weighted by atomic mass is 9.64. The summed E-state index contributed by atoms with van der Waals surface area (Å²) in [6.07, 6.45) is 9.12. The zero-order valence-electron chi connectivity index (χ0n) is 15.8. The van der Waals surface area contributed by atoms with Crippen molar-refractivity contribution >= 4 is 11.8 Å². The number of aromatic amines is 1. The molecular formula is C19H34N4OS. The largest absolute Gasteiger partial charge is 0.396 e. The second-order valence-electron chi connectivity index (χ2n) is 7.93. The summed E-state index contributed by atoms with van der Waals surface area (Å²) in [4.78, 5) is 12.9. The summed E-state index contributed by atoms with van der Waals surface area (Å²) >= 11 is 1.95. The molecule has 0 bridgehead atoms. The topological polar surface area (TPSA) is 55.4 Å². The van der Waals surface area contributed by atoms with Crippen molar-refractivity contribution in [3.05, 3.63) is 17.7 Å². The van der Waals surface area contributed by atoms with Gasteiger partial charge >= 0.3 is 0 Å². The predicted octanol–water partition coefficient (Wildman–Crippen LogP) is 2.37. The minimum absolute atomic E-state index is 0.320. The molecule has 0 amide bonds. The van der Waals surface area contributed by atoms with Crippen LogP contribution in [0.25, 0.3) is 0 Å². The highest BCUT2D eigenvalue weighted by Gasteiger charge is 2.44. The number of aliphatic hydroxyl groups is 1. The highest BCUT2D eigenvalue weighted by atomic mass is 32.2. The van der Waals surface area contributed by atoms with Crippen LogP contribution in [0.2, 0.25) is 0 Å². The first-order valence-corrected chi connectivity index (χ1v) is 11.1.